The summed E-state index contributed by atoms with van der Waals surface area (Å²) in [6.07, 6.45) is 2.85. The second-order valence-corrected chi connectivity index (χ2v) is 5.29. The molecule has 1 amide bonds. The van der Waals surface area contributed by atoms with Crippen molar-refractivity contribution in [2.45, 2.75) is 38.6 Å². The monoisotopic (exact) mass is 263 g/mol. The Labute approximate surface area is 111 Å². The van der Waals surface area contributed by atoms with Crippen LogP contribution in [0.3, 0.4) is 0 Å². The predicted octanol–water partition coefficient (Wildman–Crippen LogP) is 0.994. The van der Waals surface area contributed by atoms with Crippen LogP contribution in [0.1, 0.15) is 33.1 Å². The first-order valence-electron chi connectivity index (χ1n) is 6.21. The normalized spacial score (nSPS) is 23.9. The van der Waals surface area contributed by atoms with E-state index >= 15 is 0 Å². The van der Waals surface area contributed by atoms with E-state index in [0.29, 0.717) is 5.92 Å². The van der Waals surface area contributed by atoms with Gasteiger partial charge >= 0.3 is 0 Å². The van der Waals surface area contributed by atoms with Crippen LogP contribution >= 0.6 is 12.4 Å². The van der Waals surface area contributed by atoms with Gasteiger partial charge in [0.1, 0.15) is 0 Å². The van der Waals surface area contributed by atoms with Crippen molar-refractivity contribution >= 4 is 18.3 Å². The molecule has 1 rings (SSSR count). The molecule has 102 valence electrons. The van der Waals surface area contributed by atoms with Gasteiger partial charge < -0.3 is 16.0 Å². The summed E-state index contributed by atoms with van der Waals surface area (Å²) in [5.74, 6) is 0.579. The highest BCUT2D eigenvalue weighted by Gasteiger charge is 2.28. The maximum absolute atomic E-state index is 11.8. The molecular weight excluding hydrogens is 238 g/mol. The molecule has 1 heterocycles. The average Bonchev–Trinajstić information content (AvgIpc) is 2.60. The first kappa shape index (κ1) is 16.7. The Morgan fingerprint density at radius 3 is 2.71 bits per heavy atom. The lowest BCUT2D eigenvalue weighted by atomic mass is 9.96. The number of amides is 1. The molecule has 3 N–H and O–H groups in total. The fraction of sp³-hybridized carbons (Fsp3) is 0.917. The highest BCUT2D eigenvalue weighted by atomic mass is 35.5. The van der Waals surface area contributed by atoms with Gasteiger partial charge in [0, 0.05) is 13.1 Å². The van der Waals surface area contributed by atoms with Crippen LogP contribution in [0.15, 0.2) is 0 Å². The molecule has 17 heavy (non-hydrogen) atoms. The summed E-state index contributed by atoms with van der Waals surface area (Å²) in [7, 11) is 2.12. The molecule has 1 aliphatic heterocycles. The van der Waals surface area contributed by atoms with Crippen molar-refractivity contribution in [1.82, 2.24) is 10.2 Å². The third-order valence-electron chi connectivity index (χ3n) is 3.33. The van der Waals surface area contributed by atoms with Gasteiger partial charge in [-0.05, 0) is 39.3 Å². The van der Waals surface area contributed by atoms with Crippen molar-refractivity contribution in [1.29, 1.82) is 0 Å². The van der Waals surface area contributed by atoms with E-state index in [-0.39, 0.29) is 18.3 Å². The van der Waals surface area contributed by atoms with Gasteiger partial charge in [0.2, 0.25) is 5.91 Å². The maximum Gasteiger partial charge on any atom is 0.239 e. The summed E-state index contributed by atoms with van der Waals surface area (Å²) in [6, 6.07) is 0. The van der Waals surface area contributed by atoms with Crippen LogP contribution in [0.5, 0.6) is 0 Å². The first-order valence-corrected chi connectivity index (χ1v) is 6.21. The van der Waals surface area contributed by atoms with E-state index < -0.39 is 5.54 Å². The molecule has 2 atom stereocenters. The van der Waals surface area contributed by atoms with Gasteiger partial charge in [-0.25, -0.2) is 0 Å². The molecule has 2 unspecified atom stereocenters. The van der Waals surface area contributed by atoms with Crippen molar-refractivity contribution in [2.24, 2.45) is 11.7 Å². The van der Waals surface area contributed by atoms with Gasteiger partial charge in [-0.3, -0.25) is 4.79 Å². The van der Waals surface area contributed by atoms with Crippen molar-refractivity contribution in [2.75, 3.05) is 26.7 Å². The lowest BCUT2D eigenvalue weighted by molar-refractivity contribution is -0.126. The van der Waals surface area contributed by atoms with Crippen molar-refractivity contribution in [3.63, 3.8) is 0 Å². The number of halogens is 1. The standard InChI is InChI=1S/C12H25N3O.ClH/c1-4-6-12(2,13)11(16)14-8-10-5-7-15(3)9-10;/h10H,4-9,13H2,1-3H3,(H,14,16);1H. The molecule has 4 nitrogen and oxygen atoms in total. The molecule has 1 aliphatic rings. The van der Waals surface area contributed by atoms with E-state index in [4.69, 9.17) is 5.73 Å². The van der Waals surface area contributed by atoms with Crippen LogP contribution < -0.4 is 11.1 Å². The second-order valence-electron chi connectivity index (χ2n) is 5.29. The van der Waals surface area contributed by atoms with E-state index in [1.807, 2.05) is 13.8 Å². The quantitative estimate of drug-likeness (QED) is 0.778. The van der Waals surface area contributed by atoms with Crippen molar-refractivity contribution < 1.29 is 4.79 Å². The number of likely N-dealkylation sites (tertiary alicyclic amines) is 1. The number of nitrogens with two attached hydrogens (primary N) is 1. The summed E-state index contributed by atoms with van der Waals surface area (Å²) >= 11 is 0. The summed E-state index contributed by atoms with van der Waals surface area (Å²) in [4.78, 5) is 14.1. The molecule has 0 aromatic carbocycles. The molecule has 0 spiro atoms. The zero-order chi connectivity index (χ0) is 12.2. The Kier molecular flexibility index (Phi) is 7.05. The number of nitrogens with zero attached hydrogens (tertiary/aromatic N) is 1. The zero-order valence-corrected chi connectivity index (χ0v) is 12.0. The Morgan fingerprint density at radius 2 is 2.24 bits per heavy atom. The lowest BCUT2D eigenvalue weighted by Gasteiger charge is -2.23. The third kappa shape index (κ3) is 5.23. The largest absolute Gasteiger partial charge is 0.354 e. The van der Waals surface area contributed by atoms with Gasteiger partial charge in [-0.2, -0.15) is 0 Å². The van der Waals surface area contributed by atoms with E-state index in [1.54, 1.807) is 0 Å². The minimum atomic E-state index is -0.709. The van der Waals surface area contributed by atoms with Gasteiger partial charge in [-0.15, -0.1) is 12.4 Å². The molecule has 0 aliphatic carbocycles. The summed E-state index contributed by atoms with van der Waals surface area (Å²) < 4.78 is 0. The number of carbonyl (C=O) groups is 1. The molecule has 5 heteroatoms. The maximum atomic E-state index is 11.8. The van der Waals surface area contributed by atoms with E-state index in [2.05, 4.69) is 17.3 Å². The smallest absolute Gasteiger partial charge is 0.239 e. The Hall–Kier alpha value is -0.320. The van der Waals surface area contributed by atoms with Crippen LogP contribution in [0.4, 0.5) is 0 Å². The molecule has 1 fully saturated rings. The van der Waals surface area contributed by atoms with Crippen molar-refractivity contribution in [3.05, 3.63) is 0 Å². The molecule has 0 bridgehead atoms. The highest BCUT2D eigenvalue weighted by Crippen LogP contribution is 2.14. The lowest BCUT2D eigenvalue weighted by Crippen LogP contribution is -2.52. The third-order valence-corrected chi connectivity index (χ3v) is 3.33. The SMILES string of the molecule is CCCC(C)(N)C(=O)NCC1CCN(C)C1.Cl. The predicted molar refractivity (Wildman–Crippen MR) is 73.4 cm³/mol. The number of nitrogens with one attached hydrogen (secondary N) is 1. The van der Waals surface area contributed by atoms with Gasteiger partial charge in [-0.1, -0.05) is 13.3 Å². The van der Waals surface area contributed by atoms with Gasteiger partial charge in [0.05, 0.1) is 5.54 Å². The topological polar surface area (TPSA) is 58.4 Å². The highest BCUT2D eigenvalue weighted by molar-refractivity contribution is 5.85. The Morgan fingerprint density at radius 1 is 1.59 bits per heavy atom. The zero-order valence-electron chi connectivity index (χ0n) is 11.2. The summed E-state index contributed by atoms with van der Waals surface area (Å²) in [5.41, 5.74) is 5.25. The molecule has 1 saturated heterocycles. The molecule has 0 aromatic heterocycles. The van der Waals surface area contributed by atoms with Crippen LogP contribution in [0.2, 0.25) is 0 Å². The molecule has 0 saturated carbocycles. The first-order chi connectivity index (χ1) is 7.45. The number of hydrogen-bond donors (Lipinski definition) is 2. The Balaban J connectivity index is 0.00000256. The number of carbonyl (C=O) groups excluding carboxylic acids is 1. The van der Waals surface area contributed by atoms with Gasteiger partial charge in [0.25, 0.3) is 0 Å². The fourth-order valence-electron chi connectivity index (χ4n) is 2.26. The molecule has 0 radical (unpaired) electrons. The van der Waals surface area contributed by atoms with E-state index in [9.17, 15) is 4.79 Å². The average molecular weight is 264 g/mol. The number of rotatable bonds is 5. The molecule has 0 aromatic rings. The Bertz CT molecular complexity index is 246. The minimum absolute atomic E-state index is 0. The summed E-state index contributed by atoms with van der Waals surface area (Å²) in [6.45, 7) is 6.83. The van der Waals surface area contributed by atoms with Crippen molar-refractivity contribution in [3.8, 4) is 0 Å². The minimum Gasteiger partial charge on any atom is -0.354 e. The second kappa shape index (κ2) is 7.19. The van der Waals surface area contributed by atoms with Crippen LogP contribution in [0, 0.1) is 5.92 Å². The van der Waals surface area contributed by atoms with Crippen LogP contribution in [-0.4, -0.2) is 43.0 Å². The fourth-order valence-corrected chi connectivity index (χ4v) is 2.26. The molecular formula is C12H26ClN3O. The van der Waals surface area contributed by atoms with Gasteiger partial charge in [0.15, 0.2) is 0 Å². The van der Waals surface area contributed by atoms with E-state index in [0.717, 1.165) is 32.5 Å². The van der Waals surface area contributed by atoms with Crippen LogP contribution in [-0.2, 0) is 4.79 Å². The van der Waals surface area contributed by atoms with E-state index in [1.165, 1.54) is 6.42 Å². The summed E-state index contributed by atoms with van der Waals surface area (Å²) in [5, 5.41) is 2.98. The number of hydrogen-bond acceptors (Lipinski definition) is 3. The van der Waals surface area contributed by atoms with Crippen LogP contribution in [0.25, 0.3) is 0 Å².